The standard InChI is InChI=1S/C21H35N5O/c1-22-21(23-12-5-6-13-25-14-7-8-15-25)24-18-11-16-26(17-18)19-9-3-4-10-20(19)27-2/h3-4,9-10,18H,5-8,11-17H2,1-2H3,(H2,22,23,24). The van der Waals surface area contributed by atoms with E-state index < -0.39 is 0 Å². The van der Waals surface area contributed by atoms with Gasteiger partial charge in [-0.05, 0) is 63.9 Å². The Labute approximate surface area is 164 Å². The molecular formula is C21H35N5O. The Morgan fingerprint density at radius 2 is 2.00 bits per heavy atom. The number of nitrogens with one attached hydrogen (secondary N) is 2. The first-order valence-electron chi connectivity index (χ1n) is 10.4. The number of hydrogen-bond donors (Lipinski definition) is 2. The molecule has 2 saturated heterocycles. The van der Waals surface area contributed by atoms with Crippen molar-refractivity contribution in [3.05, 3.63) is 24.3 Å². The molecule has 6 heteroatoms. The SMILES string of the molecule is CN=C(NCCCCN1CCCC1)NC1CCN(c2ccccc2OC)C1. The predicted molar refractivity (Wildman–Crippen MR) is 113 cm³/mol. The topological polar surface area (TPSA) is 52.1 Å². The van der Waals surface area contributed by atoms with Gasteiger partial charge in [0.25, 0.3) is 0 Å². The first kappa shape index (κ1) is 19.8. The summed E-state index contributed by atoms with van der Waals surface area (Å²) in [4.78, 5) is 9.37. The third-order valence-corrected chi connectivity index (χ3v) is 5.57. The number of anilines is 1. The normalized spacial score (nSPS) is 20.9. The summed E-state index contributed by atoms with van der Waals surface area (Å²) < 4.78 is 5.51. The smallest absolute Gasteiger partial charge is 0.191 e. The van der Waals surface area contributed by atoms with Crippen LogP contribution >= 0.6 is 0 Å². The summed E-state index contributed by atoms with van der Waals surface area (Å²) >= 11 is 0. The molecule has 150 valence electrons. The molecule has 0 amide bonds. The van der Waals surface area contributed by atoms with Crippen LogP contribution in [-0.4, -0.2) is 70.3 Å². The van der Waals surface area contributed by atoms with Gasteiger partial charge in [0.1, 0.15) is 5.75 Å². The second-order valence-electron chi connectivity index (χ2n) is 7.50. The van der Waals surface area contributed by atoms with Gasteiger partial charge in [0.2, 0.25) is 0 Å². The summed E-state index contributed by atoms with van der Waals surface area (Å²) in [6.07, 6.45) is 6.31. The third kappa shape index (κ3) is 5.76. The Balaban J connectivity index is 1.37. The number of methoxy groups -OCH3 is 1. The highest BCUT2D eigenvalue weighted by Crippen LogP contribution is 2.30. The van der Waals surface area contributed by atoms with Gasteiger partial charge in [-0.15, -0.1) is 0 Å². The van der Waals surface area contributed by atoms with Crippen molar-refractivity contribution in [2.24, 2.45) is 4.99 Å². The second-order valence-corrected chi connectivity index (χ2v) is 7.50. The number of rotatable bonds is 8. The van der Waals surface area contributed by atoms with Crippen molar-refractivity contribution >= 4 is 11.6 Å². The average molecular weight is 374 g/mol. The molecule has 3 rings (SSSR count). The Bertz CT molecular complexity index is 600. The van der Waals surface area contributed by atoms with E-state index in [1.807, 2.05) is 19.2 Å². The van der Waals surface area contributed by atoms with Crippen LogP contribution < -0.4 is 20.3 Å². The summed E-state index contributed by atoms with van der Waals surface area (Å²) in [5.74, 6) is 1.86. The molecule has 2 N–H and O–H groups in total. The van der Waals surface area contributed by atoms with Gasteiger partial charge in [-0.25, -0.2) is 0 Å². The fraction of sp³-hybridized carbons (Fsp3) is 0.667. The molecule has 0 spiro atoms. The van der Waals surface area contributed by atoms with Crippen molar-refractivity contribution < 1.29 is 4.74 Å². The fourth-order valence-electron chi connectivity index (χ4n) is 4.05. The van der Waals surface area contributed by atoms with E-state index in [1.165, 1.54) is 51.0 Å². The predicted octanol–water partition coefficient (Wildman–Crippen LogP) is 2.31. The van der Waals surface area contributed by atoms with Crippen molar-refractivity contribution in [1.82, 2.24) is 15.5 Å². The quantitative estimate of drug-likeness (QED) is 0.416. The van der Waals surface area contributed by atoms with E-state index in [1.54, 1.807) is 7.11 Å². The van der Waals surface area contributed by atoms with E-state index in [-0.39, 0.29) is 0 Å². The molecule has 0 bridgehead atoms. The van der Waals surface area contributed by atoms with Crippen molar-refractivity contribution in [2.75, 3.05) is 58.3 Å². The van der Waals surface area contributed by atoms with Crippen LogP contribution in [0.4, 0.5) is 5.69 Å². The maximum Gasteiger partial charge on any atom is 0.191 e. The van der Waals surface area contributed by atoms with E-state index in [2.05, 4.69) is 37.6 Å². The summed E-state index contributed by atoms with van der Waals surface area (Å²) in [5.41, 5.74) is 1.18. The van der Waals surface area contributed by atoms with E-state index >= 15 is 0 Å². The van der Waals surface area contributed by atoms with Gasteiger partial charge >= 0.3 is 0 Å². The number of unbranched alkanes of at least 4 members (excludes halogenated alkanes) is 1. The number of likely N-dealkylation sites (tertiary alicyclic amines) is 1. The number of para-hydroxylation sites is 2. The van der Waals surface area contributed by atoms with Crippen LogP contribution in [0.15, 0.2) is 29.3 Å². The molecule has 1 aromatic rings. The zero-order valence-corrected chi connectivity index (χ0v) is 16.9. The number of benzene rings is 1. The number of guanidine groups is 1. The summed E-state index contributed by atoms with van der Waals surface area (Å²) in [7, 11) is 3.59. The lowest BCUT2D eigenvalue weighted by Crippen LogP contribution is -2.45. The summed E-state index contributed by atoms with van der Waals surface area (Å²) in [6, 6.07) is 8.66. The van der Waals surface area contributed by atoms with Gasteiger partial charge in [-0.2, -0.15) is 0 Å². The summed E-state index contributed by atoms with van der Waals surface area (Å²) in [5, 5.41) is 7.06. The Morgan fingerprint density at radius 1 is 1.19 bits per heavy atom. The molecule has 0 aliphatic carbocycles. The van der Waals surface area contributed by atoms with Crippen LogP contribution in [0.1, 0.15) is 32.1 Å². The van der Waals surface area contributed by atoms with Gasteiger partial charge in [-0.1, -0.05) is 12.1 Å². The van der Waals surface area contributed by atoms with Crippen LogP contribution in [0.3, 0.4) is 0 Å². The van der Waals surface area contributed by atoms with Crippen LogP contribution in [-0.2, 0) is 0 Å². The molecule has 2 aliphatic heterocycles. The van der Waals surface area contributed by atoms with E-state index in [0.717, 1.165) is 37.8 Å². The third-order valence-electron chi connectivity index (χ3n) is 5.57. The monoisotopic (exact) mass is 373 g/mol. The van der Waals surface area contributed by atoms with Crippen LogP contribution in [0, 0.1) is 0 Å². The highest BCUT2D eigenvalue weighted by atomic mass is 16.5. The Kier molecular flexibility index (Phi) is 7.63. The van der Waals surface area contributed by atoms with E-state index in [4.69, 9.17) is 4.74 Å². The van der Waals surface area contributed by atoms with Crippen molar-refractivity contribution in [2.45, 2.75) is 38.1 Å². The van der Waals surface area contributed by atoms with E-state index in [9.17, 15) is 0 Å². The molecule has 0 saturated carbocycles. The minimum Gasteiger partial charge on any atom is -0.495 e. The molecule has 27 heavy (non-hydrogen) atoms. The lowest BCUT2D eigenvalue weighted by Gasteiger charge is -2.22. The molecular weight excluding hydrogens is 338 g/mol. The second kappa shape index (κ2) is 10.4. The highest BCUT2D eigenvalue weighted by molar-refractivity contribution is 5.80. The van der Waals surface area contributed by atoms with Crippen molar-refractivity contribution in [1.29, 1.82) is 0 Å². The average Bonchev–Trinajstić information content (AvgIpc) is 3.38. The highest BCUT2D eigenvalue weighted by Gasteiger charge is 2.25. The first-order valence-corrected chi connectivity index (χ1v) is 10.4. The number of hydrogen-bond acceptors (Lipinski definition) is 4. The van der Waals surface area contributed by atoms with Gasteiger partial charge in [-0.3, -0.25) is 4.99 Å². The largest absolute Gasteiger partial charge is 0.495 e. The maximum absolute atomic E-state index is 5.51. The summed E-state index contributed by atoms with van der Waals surface area (Å²) in [6.45, 7) is 6.81. The number of ether oxygens (including phenoxy) is 1. The molecule has 1 unspecified atom stereocenters. The molecule has 2 heterocycles. The maximum atomic E-state index is 5.51. The minimum absolute atomic E-state index is 0.408. The molecule has 0 aromatic heterocycles. The number of nitrogens with zero attached hydrogens (tertiary/aromatic N) is 3. The van der Waals surface area contributed by atoms with Crippen LogP contribution in [0.5, 0.6) is 5.75 Å². The Morgan fingerprint density at radius 3 is 2.78 bits per heavy atom. The zero-order valence-electron chi connectivity index (χ0n) is 16.9. The van der Waals surface area contributed by atoms with Crippen LogP contribution in [0.2, 0.25) is 0 Å². The molecule has 0 radical (unpaired) electrons. The van der Waals surface area contributed by atoms with E-state index in [0.29, 0.717) is 6.04 Å². The van der Waals surface area contributed by atoms with Gasteiger partial charge in [0.05, 0.1) is 12.8 Å². The minimum atomic E-state index is 0.408. The van der Waals surface area contributed by atoms with Crippen molar-refractivity contribution in [3.63, 3.8) is 0 Å². The Hall–Kier alpha value is -1.95. The van der Waals surface area contributed by atoms with Crippen molar-refractivity contribution in [3.8, 4) is 5.75 Å². The lowest BCUT2D eigenvalue weighted by atomic mass is 10.2. The zero-order chi connectivity index (χ0) is 18.9. The molecule has 1 atom stereocenters. The molecule has 6 nitrogen and oxygen atoms in total. The molecule has 2 fully saturated rings. The fourth-order valence-corrected chi connectivity index (χ4v) is 4.05. The molecule has 1 aromatic carbocycles. The first-order chi connectivity index (χ1) is 13.3. The van der Waals surface area contributed by atoms with Gasteiger partial charge < -0.3 is 25.2 Å². The molecule has 2 aliphatic rings. The number of aliphatic imine (C=N–C) groups is 1. The van der Waals surface area contributed by atoms with Gasteiger partial charge in [0, 0.05) is 32.7 Å². The van der Waals surface area contributed by atoms with Gasteiger partial charge in [0.15, 0.2) is 5.96 Å². The van der Waals surface area contributed by atoms with Crippen LogP contribution in [0.25, 0.3) is 0 Å². The lowest BCUT2D eigenvalue weighted by molar-refractivity contribution is 0.330.